The summed E-state index contributed by atoms with van der Waals surface area (Å²) < 4.78 is 0. The Morgan fingerprint density at radius 1 is 1.28 bits per heavy atom. The van der Waals surface area contributed by atoms with E-state index in [0.717, 1.165) is 18.7 Å². The average molecular weight is 247 g/mol. The second-order valence-corrected chi connectivity index (χ2v) is 6.22. The third-order valence-electron chi connectivity index (χ3n) is 4.38. The molecule has 1 saturated heterocycles. The molecule has 1 N–H and O–H groups in total. The highest BCUT2D eigenvalue weighted by atomic mass is 16.3. The predicted octanol–water partition coefficient (Wildman–Crippen LogP) is 3.21. The average Bonchev–Trinajstić information content (AvgIpc) is 2.62. The van der Waals surface area contributed by atoms with Gasteiger partial charge in [-0.1, -0.05) is 18.2 Å². The van der Waals surface area contributed by atoms with Crippen LogP contribution in [0.25, 0.3) is 0 Å². The lowest BCUT2D eigenvalue weighted by Crippen LogP contribution is -2.40. The Morgan fingerprint density at radius 3 is 2.56 bits per heavy atom. The number of benzene rings is 1. The Balaban J connectivity index is 2.07. The molecular formula is C16H25NO. The molecule has 0 aliphatic carbocycles. The third-order valence-corrected chi connectivity index (χ3v) is 4.38. The number of rotatable bonds is 3. The van der Waals surface area contributed by atoms with Crippen LogP contribution in [0.2, 0.25) is 0 Å². The summed E-state index contributed by atoms with van der Waals surface area (Å²) in [6.45, 7) is 10.6. The van der Waals surface area contributed by atoms with E-state index in [2.05, 4.69) is 50.8 Å². The minimum atomic E-state index is -0.373. The molecule has 0 aromatic heterocycles. The molecule has 2 heteroatoms. The van der Waals surface area contributed by atoms with Gasteiger partial charge in [-0.25, -0.2) is 0 Å². The van der Waals surface area contributed by atoms with Gasteiger partial charge in [0.25, 0.3) is 0 Å². The molecule has 1 aromatic rings. The molecule has 18 heavy (non-hydrogen) atoms. The molecule has 100 valence electrons. The van der Waals surface area contributed by atoms with Crippen LogP contribution in [0.3, 0.4) is 0 Å². The van der Waals surface area contributed by atoms with Gasteiger partial charge < -0.3 is 5.11 Å². The van der Waals surface area contributed by atoms with E-state index in [1.54, 1.807) is 0 Å². The van der Waals surface area contributed by atoms with Crippen LogP contribution in [0, 0.1) is 13.8 Å². The third kappa shape index (κ3) is 2.76. The lowest BCUT2D eigenvalue weighted by molar-refractivity contribution is 0.0778. The molecular weight excluding hydrogens is 222 g/mol. The molecule has 0 radical (unpaired) electrons. The smallest absolute Gasteiger partial charge is 0.0917 e. The van der Waals surface area contributed by atoms with E-state index < -0.39 is 0 Å². The fourth-order valence-corrected chi connectivity index (χ4v) is 2.79. The highest BCUT2D eigenvalue weighted by Gasteiger charge is 2.32. The zero-order chi connectivity index (χ0) is 13.3. The summed E-state index contributed by atoms with van der Waals surface area (Å²) in [6.07, 6.45) is 2.10. The van der Waals surface area contributed by atoms with E-state index >= 15 is 0 Å². The minimum Gasteiger partial charge on any atom is -0.387 e. The van der Waals surface area contributed by atoms with Crippen LogP contribution in [0.5, 0.6) is 0 Å². The van der Waals surface area contributed by atoms with Crippen LogP contribution in [0.1, 0.15) is 49.5 Å². The van der Waals surface area contributed by atoms with Gasteiger partial charge in [0.2, 0.25) is 0 Å². The van der Waals surface area contributed by atoms with Crippen molar-refractivity contribution in [2.24, 2.45) is 0 Å². The standard InChI is InChI=1S/C16H25NO/c1-12-6-7-14(10-13(12)2)15(18)11-17-9-5-8-16(17,3)4/h6-7,10,15,18H,5,8-9,11H2,1-4H3. The van der Waals surface area contributed by atoms with Gasteiger partial charge in [0.15, 0.2) is 0 Å². The molecule has 0 amide bonds. The number of β-amino-alcohol motifs (C(OH)–C–C–N with tert-alkyl or cyclic N) is 1. The minimum absolute atomic E-state index is 0.237. The predicted molar refractivity (Wildman–Crippen MR) is 75.8 cm³/mol. The van der Waals surface area contributed by atoms with Crippen LogP contribution >= 0.6 is 0 Å². The van der Waals surface area contributed by atoms with Gasteiger partial charge in [-0.2, -0.15) is 0 Å². The van der Waals surface area contributed by atoms with E-state index in [0.29, 0.717) is 0 Å². The van der Waals surface area contributed by atoms with E-state index in [-0.39, 0.29) is 11.6 Å². The molecule has 1 unspecified atom stereocenters. The second kappa shape index (κ2) is 5.02. The van der Waals surface area contributed by atoms with Crippen LogP contribution in [-0.4, -0.2) is 28.6 Å². The Morgan fingerprint density at radius 2 is 2.00 bits per heavy atom. The van der Waals surface area contributed by atoms with E-state index in [1.165, 1.54) is 24.0 Å². The number of aliphatic hydroxyl groups excluding tert-OH is 1. The second-order valence-electron chi connectivity index (χ2n) is 6.22. The molecule has 1 aromatic carbocycles. The molecule has 0 saturated carbocycles. The Hall–Kier alpha value is -0.860. The molecule has 2 rings (SSSR count). The van der Waals surface area contributed by atoms with Crippen LogP contribution < -0.4 is 0 Å². The first-order valence-corrected chi connectivity index (χ1v) is 6.90. The molecule has 1 aliphatic rings. The van der Waals surface area contributed by atoms with E-state index in [9.17, 15) is 5.11 Å². The summed E-state index contributed by atoms with van der Waals surface area (Å²) in [6, 6.07) is 6.27. The van der Waals surface area contributed by atoms with Gasteiger partial charge in [0, 0.05) is 12.1 Å². The first-order chi connectivity index (χ1) is 8.40. The highest BCUT2D eigenvalue weighted by Crippen LogP contribution is 2.30. The van der Waals surface area contributed by atoms with Crippen LogP contribution in [0.15, 0.2) is 18.2 Å². The van der Waals surface area contributed by atoms with Crippen molar-refractivity contribution in [3.63, 3.8) is 0 Å². The number of likely N-dealkylation sites (tertiary alicyclic amines) is 1. The first kappa shape index (κ1) is 13.6. The van der Waals surface area contributed by atoms with Crippen molar-refractivity contribution in [1.29, 1.82) is 0 Å². The van der Waals surface area contributed by atoms with Crippen molar-refractivity contribution in [2.45, 2.75) is 52.2 Å². The summed E-state index contributed by atoms with van der Waals surface area (Å²) in [5.74, 6) is 0. The normalized spacial score (nSPS) is 21.2. The van der Waals surface area contributed by atoms with Crippen LogP contribution in [0.4, 0.5) is 0 Å². The highest BCUT2D eigenvalue weighted by molar-refractivity contribution is 5.31. The van der Waals surface area contributed by atoms with Crippen LogP contribution in [-0.2, 0) is 0 Å². The number of hydrogen-bond acceptors (Lipinski definition) is 2. The summed E-state index contributed by atoms with van der Waals surface area (Å²) in [5, 5.41) is 10.4. The molecule has 1 atom stereocenters. The SMILES string of the molecule is Cc1ccc(C(O)CN2CCCC2(C)C)cc1C. The van der Waals surface area contributed by atoms with Crippen molar-refractivity contribution in [1.82, 2.24) is 4.90 Å². The number of aryl methyl sites for hydroxylation is 2. The monoisotopic (exact) mass is 247 g/mol. The maximum atomic E-state index is 10.4. The van der Waals surface area contributed by atoms with Gasteiger partial charge in [-0.3, -0.25) is 4.90 Å². The number of aliphatic hydroxyl groups is 1. The van der Waals surface area contributed by atoms with Gasteiger partial charge in [0.1, 0.15) is 0 Å². The van der Waals surface area contributed by atoms with Crippen molar-refractivity contribution in [3.05, 3.63) is 34.9 Å². The lowest BCUT2D eigenvalue weighted by Gasteiger charge is -2.33. The topological polar surface area (TPSA) is 23.5 Å². The van der Waals surface area contributed by atoms with Gasteiger partial charge in [-0.05, 0) is 63.8 Å². The van der Waals surface area contributed by atoms with E-state index in [4.69, 9.17) is 0 Å². The quantitative estimate of drug-likeness (QED) is 0.886. The van der Waals surface area contributed by atoms with E-state index in [1.807, 2.05) is 0 Å². The van der Waals surface area contributed by atoms with Crippen molar-refractivity contribution in [3.8, 4) is 0 Å². The largest absolute Gasteiger partial charge is 0.387 e. The van der Waals surface area contributed by atoms with Crippen molar-refractivity contribution < 1.29 is 5.11 Å². The molecule has 1 heterocycles. The van der Waals surface area contributed by atoms with Gasteiger partial charge in [-0.15, -0.1) is 0 Å². The molecule has 0 spiro atoms. The van der Waals surface area contributed by atoms with Gasteiger partial charge in [0.05, 0.1) is 6.10 Å². The zero-order valence-corrected chi connectivity index (χ0v) is 12.0. The Kier molecular flexibility index (Phi) is 3.79. The zero-order valence-electron chi connectivity index (χ0n) is 12.0. The maximum Gasteiger partial charge on any atom is 0.0917 e. The number of hydrogen-bond donors (Lipinski definition) is 1. The molecule has 0 bridgehead atoms. The van der Waals surface area contributed by atoms with Gasteiger partial charge >= 0.3 is 0 Å². The summed E-state index contributed by atoms with van der Waals surface area (Å²) in [7, 11) is 0. The molecule has 2 nitrogen and oxygen atoms in total. The summed E-state index contributed by atoms with van der Waals surface area (Å²) in [5.41, 5.74) is 3.82. The fraction of sp³-hybridized carbons (Fsp3) is 0.625. The molecule has 1 aliphatic heterocycles. The summed E-state index contributed by atoms with van der Waals surface area (Å²) in [4.78, 5) is 2.41. The number of nitrogens with zero attached hydrogens (tertiary/aromatic N) is 1. The Bertz CT molecular complexity index is 425. The first-order valence-electron chi connectivity index (χ1n) is 6.90. The molecule has 1 fully saturated rings. The van der Waals surface area contributed by atoms with Crippen molar-refractivity contribution in [2.75, 3.05) is 13.1 Å². The Labute approximate surface area is 111 Å². The fourth-order valence-electron chi connectivity index (χ4n) is 2.79. The maximum absolute atomic E-state index is 10.4. The van der Waals surface area contributed by atoms with Crippen molar-refractivity contribution >= 4 is 0 Å². The lowest BCUT2D eigenvalue weighted by atomic mass is 9.99. The summed E-state index contributed by atoms with van der Waals surface area (Å²) >= 11 is 0.